The molecule has 1 saturated heterocycles. The fourth-order valence-electron chi connectivity index (χ4n) is 3.57. The molecule has 3 amide bonds. The Morgan fingerprint density at radius 1 is 1.19 bits per heavy atom. The Morgan fingerprint density at radius 2 is 1.89 bits per heavy atom. The van der Waals surface area contributed by atoms with Gasteiger partial charge in [0.1, 0.15) is 0 Å². The van der Waals surface area contributed by atoms with Crippen LogP contribution in [0.4, 0.5) is 4.79 Å². The SMILES string of the molecule is NC(=O)NC(CC(=O)N1CCC(C(O)c2ccccc2)CC1)c1cccs1. The average Bonchev–Trinajstić information content (AvgIpc) is 3.22. The summed E-state index contributed by atoms with van der Waals surface area (Å²) in [6, 6.07) is 12.4. The molecule has 0 spiro atoms. The Labute approximate surface area is 163 Å². The number of likely N-dealkylation sites (tertiary alicyclic amines) is 1. The minimum Gasteiger partial charge on any atom is -0.388 e. The molecule has 0 saturated carbocycles. The molecular formula is C20H25N3O3S. The number of carbonyl (C=O) groups excluding carboxylic acids is 2. The molecule has 0 radical (unpaired) electrons. The van der Waals surface area contributed by atoms with Gasteiger partial charge >= 0.3 is 6.03 Å². The van der Waals surface area contributed by atoms with Crippen molar-refractivity contribution in [2.24, 2.45) is 11.7 Å². The number of piperidine rings is 1. The monoisotopic (exact) mass is 387 g/mol. The van der Waals surface area contributed by atoms with Gasteiger partial charge in [0, 0.05) is 18.0 Å². The predicted octanol–water partition coefficient (Wildman–Crippen LogP) is 2.82. The number of aliphatic hydroxyl groups excluding tert-OH is 1. The summed E-state index contributed by atoms with van der Waals surface area (Å²) >= 11 is 1.49. The molecular weight excluding hydrogens is 362 g/mol. The number of amides is 3. The fraction of sp³-hybridized carbons (Fsp3) is 0.400. The second-order valence-electron chi connectivity index (χ2n) is 6.85. The number of benzene rings is 1. The van der Waals surface area contributed by atoms with Gasteiger partial charge in [0.05, 0.1) is 18.6 Å². The minimum absolute atomic E-state index is 0.00481. The van der Waals surface area contributed by atoms with E-state index >= 15 is 0 Å². The van der Waals surface area contributed by atoms with E-state index in [1.54, 1.807) is 0 Å². The molecule has 2 heterocycles. The first-order valence-corrected chi connectivity index (χ1v) is 10.0. The zero-order valence-electron chi connectivity index (χ0n) is 15.1. The third kappa shape index (κ3) is 5.08. The van der Waals surface area contributed by atoms with Gasteiger partial charge in [0.25, 0.3) is 0 Å². The third-order valence-electron chi connectivity index (χ3n) is 5.06. The molecule has 0 aliphatic carbocycles. The van der Waals surface area contributed by atoms with Gasteiger partial charge in [-0.1, -0.05) is 36.4 Å². The van der Waals surface area contributed by atoms with E-state index in [9.17, 15) is 14.7 Å². The first-order chi connectivity index (χ1) is 13.0. The summed E-state index contributed by atoms with van der Waals surface area (Å²) in [6.07, 6.45) is 1.21. The van der Waals surface area contributed by atoms with Gasteiger partial charge in [-0.05, 0) is 35.8 Å². The summed E-state index contributed by atoms with van der Waals surface area (Å²) in [6.45, 7) is 1.22. The maximum Gasteiger partial charge on any atom is 0.312 e. The van der Waals surface area contributed by atoms with Gasteiger partial charge in [-0.2, -0.15) is 0 Å². The number of urea groups is 1. The molecule has 27 heavy (non-hydrogen) atoms. The molecule has 1 aromatic carbocycles. The summed E-state index contributed by atoms with van der Waals surface area (Å²) in [5.41, 5.74) is 6.18. The highest BCUT2D eigenvalue weighted by Gasteiger charge is 2.29. The van der Waals surface area contributed by atoms with E-state index in [0.29, 0.717) is 13.1 Å². The smallest absolute Gasteiger partial charge is 0.312 e. The lowest BCUT2D eigenvalue weighted by Gasteiger charge is -2.35. The van der Waals surface area contributed by atoms with Crippen LogP contribution < -0.4 is 11.1 Å². The first kappa shape index (κ1) is 19.4. The van der Waals surface area contributed by atoms with E-state index in [4.69, 9.17) is 5.73 Å². The van der Waals surface area contributed by atoms with Gasteiger partial charge in [0.2, 0.25) is 5.91 Å². The summed E-state index contributed by atoms with van der Waals surface area (Å²) in [7, 11) is 0. The highest BCUT2D eigenvalue weighted by molar-refractivity contribution is 7.10. The molecule has 2 unspecified atom stereocenters. The fourth-order valence-corrected chi connectivity index (χ4v) is 4.35. The molecule has 1 fully saturated rings. The zero-order chi connectivity index (χ0) is 19.2. The summed E-state index contributed by atoms with van der Waals surface area (Å²) in [4.78, 5) is 26.7. The van der Waals surface area contributed by atoms with Crippen molar-refractivity contribution in [2.45, 2.75) is 31.4 Å². The Hall–Kier alpha value is -2.38. The minimum atomic E-state index is -0.633. The summed E-state index contributed by atoms with van der Waals surface area (Å²) in [5.74, 6) is 0.142. The predicted molar refractivity (Wildman–Crippen MR) is 105 cm³/mol. The van der Waals surface area contributed by atoms with E-state index in [2.05, 4.69) is 5.32 Å². The van der Waals surface area contributed by atoms with Crippen LogP contribution in [0.3, 0.4) is 0 Å². The van der Waals surface area contributed by atoms with Crippen molar-refractivity contribution in [3.8, 4) is 0 Å². The van der Waals surface area contributed by atoms with Gasteiger partial charge < -0.3 is 21.1 Å². The number of hydrogen-bond acceptors (Lipinski definition) is 4. The van der Waals surface area contributed by atoms with Crippen molar-refractivity contribution in [1.82, 2.24) is 10.2 Å². The van der Waals surface area contributed by atoms with Crippen LogP contribution in [0, 0.1) is 5.92 Å². The normalized spacial score (nSPS) is 17.3. The highest BCUT2D eigenvalue weighted by Crippen LogP contribution is 2.31. The standard InChI is InChI=1S/C20H25N3O3S/c21-20(26)22-16(17-7-4-12-27-17)13-18(24)23-10-8-15(9-11-23)19(25)14-5-2-1-3-6-14/h1-7,12,15-16,19,25H,8-11,13H2,(H3,21,22,26). The maximum absolute atomic E-state index is 12.7. The Balaban J connectivity index is 1.55. The van der Waals surface area contributed by atoms with Gasteiger partial charge in [-0.3, -0.25) is 4.79 Å². The van der Waals surface area contributed by atoms with E-state index in [-0.39, 0.29) is 18.2 Å². The maximum atomic E-state index is 12.7. The van der Waals surface area contributed by atoms with Crippen molar-refractivity contribution in [3.05, 3.63) is 58.3 Å². The van der Waals surface area contributed by atoms with Crippen LogP contribution in [0.5, 0.6) is 0 Å². The van der Waals surface area contributed by atoms with Crippen LogP contribution in [0.15, 0.2) is 47.8 Å². The summed E-state index contributed by atoms with van der Waals surface area (Å²) < 4.78 is 0. The largest absolute Gasteiger partial charge is 0.388 e. The second kappa shape index (κ2) is 9.01. The van der Waals surface area contributed by atoms with Crippen LogP contribution in [-0.2, 0) is 4.79 Å². The molecule has 144 valence electrons. The third-order valence-corrected chi connectivity index (χ3v) is 6.05. The molecule has 1 aliphatic rings. The molecule has 6 nitrogen and oxygen atoms in total. The van der Waals surface area contributed by atoms with Crippen molar-refractivity contribution < 1.29 is 14.7 Å². The van der Waals surface area contributed by atoms with E-state index in [1.165, 1.54) is 11.3 Å². The topological polar surface area (TPSA) is 95.7 Å². The zero-order valence-corrected chi connectivity index (χ0v) is 15.9. The van der Waals surface area contributed by atoms with Crippen molar-refractivity contribution >= 4 is 23.3 Å². The van der Waals surface area contributed by atoms with Crippen LogP contribution in [0.2, 0.25) is 0 Å². The number of primary amides is 1. The second-order valence-corrected chi connectivity index (χ2v) is 7.83. The number of nitrogens with one attached hydrogen (secondary N) is 1. The van der Waals surface area contributed by atoms with Crippen molar-refractivity contribution in [3.63, 3.8) is 0 Å². The molecule has 2 aromatic rings. The molecule has 2 atom stereocenters. The number of thiophene rings is 1. The Kier molecular flexibility index (Phi) is 6.47. The average molecular weight is 388 g/mol. The lowest BCUT2D eigenvalue weighted by atomic mass is 9.87. The number of nitrogens with zero attached hydrogens (tertiary/aromatic N) is 1. The summed E-state index contributed by atoms with van der Waals surface area (Å²) in [5, 5.41) is 15.1. The lowest BCUT2D eigenvalue weighted by Crippen LogP contribution is -2.42. The van der Waals surface area contributed by atoms with Gasteiger partial charge in [-0.15, -0.1) is 11.3 Å². The first-order valence-electron chi connectivity index (χ1n) is 9.14. The molecule has 4 N–H and O–H groups in total. The molecule has 0 bridgehead atoms. The number of nitrogens with two attached hydrogens (primary N) is 1. The number of hydrogen-bond donors (Lipinski definition) is 3. The van der Waals surface area contributed by atoms with E-state index in [0.717, 1.165) is 23.3 Å². The van der Waals surface area contributed by atoms with Gasteiger partial charge in [0.15, 0.2) is 0 Å². The molecule has 1 aromatic heterocycles. The van der Waals surface area contributed by atoms with Crippen molar-refractivity contribution in [1.29, 1.82) is 0 Å². The molecule has 3 rings (SSSR count). The molecule has 1 aliphatic heterocycles. The van der Waals surface area contributed by atoms with Gasteiger partial charge in [-0.25, -0.2) is 4.79 Å². The highest BCUT2D eigenvalue weighted by atomic mass is 32.1. The van der Waals surface area contributed by atoms with Crippen LogP contribution in [0.1, 0.15) is 41.8 Å². The number of carbonyl (C=O) groups is 2. The Bertz CT molecular complexity index is 743. The number of aliphatic hydroxyl groups is 1. The van der Waals surface area contributed by atoms with E-state index in [1.807, 2.05) is 52.7 Å². The van der Waals surface area contributed by atoms with Crippen LogP contribution in [-0.4, -0.2) is 35.0 Å². The lowest BCUT2D eigenvalue weighted by molar-refractivity contribution is -0.133. The van der Waals surface area contributed by atoms with Crippen molar-refractivity contribution in [2.75, 3.05) is 13.1 Å². The van der Waals surface area contributed by atoms with Crippen LogP contribution >= 0.6 is 11.3 Å². The van der Waals surface area contributed by atoms with E-state index < -0.39 is 18.2 Å². The quantitative estimate of drug-likeness (QED) is 0.711. The van der Waals surface area contributed by atoms with Crippen LogP contribution in [0.25, 0.3) is 0 Å². The molecule has 7 heteroatoms. The Morgan fingerprint density at radius 3 is 2.48 bits per heavy atom. The number of rotatable bonds is 6.